The Hall–Kier alpha value is -6.90. The van der Waals surface area contributed by atoms with E-state index < -0.39 is 0 Å². The average Bonchev–Trinajstić information content (AvgIpc) is 3.23. The van der Waals surface area contributed by atoms with Crippen molar-refractivity contribution in [2.75, 3.05) is 9.80 Å². The van der Waals surface area contributed by atoms with Crippen LogP contribution in [0, 0.1) is 0 Å². The van der Waals surface area contributed by atoms with E-state index in [0.717, 1.165) is 34.1 Å². The number of rotatable bonds is 8. The van der Waals surface area contributed by atoms with Gasteiger partial charge in [-0.1, -0.05) is 146 Å². The van der Waals surface area contributed by atoms with Crippen molar-refractivity contribution in [3.63, 3.8) is 0 Å². The maximum atomic E-state index is 2.35. The quantitative estimate of drug-likeness (QED) is 0.159. The maximum absolute atomic E-state index is 2.35. The zero-order chi connectivity index (χ0) is 34.7. The summed E-state index contributed by atoms with van der Waals surface area (Å²) in [5, 5.41) is 4.88. The van der Waals surface area contributed by atoms with Crippen LogP contribution in [0.15, 0.2) is 218 Å². The molecule has 0 heterocycles. The van der Waals surface area contributed by atoms with Gasteiger partial charge >= 0.3 is 0 Å². The molecule has 0 fully saturated rings. The zero-order valence-corrected chi connectivity index (χ0v) is 28.7. The first-order chi connectivity index (χ1) is 25.8. The van der Waals surface area contributed by atoms with E-state index in [4.69, 9.17) is 0 Å². The van der Waals surface area contributed by atoms with Gasteiger partial charge < -0.3 is 9.80 Å². The highest BCUT2D eigenvalue weighted by atomic mass is 15.2. The minimum absolute atomic E-state index is 1.09. The molecule has 9 aromatic rings. The lowest BCUT2D eigenvalue weighted by Crippen LogP contribution is -2.12. The van der Waals surface area contributed by atoms with E-state index in [9.17, 15) is 0 Å². The fourth-order valence-corrected chi connectivity index (χ4v) is 7.14. The maximum Gasteiger partial charge on any atom is 0.0468 e. The summed E-state index contributed by atoms with van der Waals surface area (Å²) in [4.78, 5) is 4.69. The van der Waals surface area contributed by atoms with Crippen LogP contribution in [0.4, 0.5) is 34.1 Å². The van der Waals surface area contributed by atoms with Crippen molar-refractivity contribution in [3.05, 3.63) is 218 Å². The van der Waals surface area contributed by atoms with E-state index in [-0.39, 0.29) is 0 Å². The highest BCUT2D eigenvalue weighted by Gasteiger charge is 2.17. The molecular weight excluding hydrogens is 629 g/mol. The Kier molecular flexibility index (Phi) is 8.24. The van der Waals surface area contributed by atoms with Crippen LogP contribution in [0.5, 0.6) is 0 Å². The second-order valence-corrected chi connectivity index (χ2v) is 13.1. The van der Waals surface area contributed by atoms with Crippen LogP contribution in [-0.2, 0) is 0 Å². The van der Waals surface area contributed by atoms with Crippen LogP contribution >= 0.6 is 0 Å². The molecule has 0 saturated heterocycles. The third kappa shape index (κ3) is 6.19. The molecule has 0 amide bonds. The third-order valence-corrected chi connectivity index (χ3v) is 9.81. The van der Waals surface area contributed by atoms with Crippen LogP contribution in [0.1, 0.15) is 0 Å². The Morgan fingerprint density at radius 1 is 0.192 bits per heavy atom. The highest BCUT2D eigenvalue weighted by Crippen LogP contribution is 2.41. The number of nitrogens with zero attached hydrogens (tertiary/aromatic N) is 2. The van der Waals surface area contributed by atoms with Crippen LogP contribution in [0.3, 0.4) is 0 Å². The zero-order valence-electron chi connectivity index (χ0n) is 28.7. The molecule has 0 aromatic heterocycles. The van der Waals surface area contributed by atoms with E-state index in [1.165, 1.54) is 43.8 Å². The lowest BCUT2D eigenvalue weighted by atomic mass is 10.0. The third-order valence-electron chi connectivity index (χ3n) is 9.81. The highest BCUT2D eigenvalue weighted by molar-refractivity contribution is 5.91. The topological polar surface area (TPSA) is 6.48 Å². The van der Waals surface area contributed by atoms with Crippen molar-refractivity contribution in [1.82, 2.24) is 0 Å². The first kappa shape index (κ1) is 31.1. The molecule has 9 aromatic carbocycles. The molecule has 0 N–H and O–H groups in total. The summed E-state index contributed by atoms with van der Waals surface area (Å²) in [6, 6.07) is 78.3. The normalized spacial score (nSPS) is 11.1. The lowest BCUT2D eigenvalue weighted by Gasteiger charge is -2.29. The van der Waals surface area contributed by atoms with E-state index in [0.29, 0.717) is 0 Å². The van der Waals surface area contributed by atoms with Crippen molar-refractivity contribution >= 4 is 55.7 Å². The molecule has 246 valence electrons. The van der Waals surface area contributed by atoms with Crippen molar-refractivity contribution in [1.29, 1.82) is 0 Å². The van der Waals surface area contributed by atoms with E-state index in [1.807, 2.05) is 0 Å². The summed E-state index contributed by atoms with van der Waals surface area (Å²) in [5.41, 5.74) is 11.4. The van der Waals surface area contributed by atoms with Crippen LogP contribution in [0.25, 0.3) is 43.8 Å². The minimum Gasteiger partial charge on any atom is -0.310 e. The standard InChI is InChI=1S/C50H36N2/c1-3-11-37(12-4-1)41-19-25-45(26-20-41)51(49-29-23-39-15-7-9-17-43(39)35-49)47-31-33-48(34-32-47)52(50-30-24-40-16-8-10-18-44(40)36-50)46-27-21-42(22-28-46)38-13-5-2-6-14-38/h1-36H. The Balaban J connectivity index is 1.13. The average molecular weight is 665 g/mol. The first-order valence-corrected chi connectivity index (χ1v) is 17.8. The monoisotopic (exact) mass is 664 g/mol. The molecule has 0 aliphatic carbocycles. The van der Waals surface area contributed by atoms with Gasteiger partial charge in [0.1, 0.15) is 0 Å². The summed E-state index contributed by atoms with van der Waals surface area (Å²) in [5.74, 6) is 0. The van der Waals surface area contributed by atoms with Gasteiger partial charge in [0.05, 0.1) is 0 Å². The molecule has 0 saturated carbocycles. The first-order valence-electron chi connectivity index (χ1n) is 17.8. The van der Waals surface area contributed by atoms with Crippen molar-refractivity contribution in [3.8, 4) is 22.3 Å². The van der Waals surface area contributed by atoms with Crippen LogP contribution in [0.2, 0.25) is 0 Å². The van der Waals surface area contributed by atoms with Gasteiger partial charge in [-0.2, -0.15) is 0 Å². The Morgan fingerprint density at radius 2 is 0.462 bits per heavy atom. The molecule has 0 radical (unpaired) electrons. The van der Waals surface area contributed by atoms with E-state index in [1.54, 1.807) is 0 Å². The molecule has 0 atom stereocenters. The molecule has 2 heteroatoms. The molecule has 0 aliphatic heterocycles. The SMILES string of the molecule is c1ccc(-c2ccc(N(c3ccc(N(c4ccc(-c5ccccc5)cc4)c4ccc5ccccc5c4)cc3)c3ccc4ccccc4c3)cc2)cc1. The molecule has 9 rings (SSSR count). The second kappa shape index (κ2) is 13.8. The van der Waals surface area contributed by atoms with Crippen LogP contribution < -0.4 is 9.80 Å². The fourth-order valence-electron chi connectivity index (χ4n) is 7.14. The predicted molar refractivity (Wildman–Crippen MR) is 222 cm³/mol. The summed E-state index contributed by atoms with van der Waals surface area (Å²) in [6.45, 7) is 0. The predicted octanol–water partition coefficient (Wildman–Crippen LogP) is 14.3. The van der Waals surface area contributed by atoms with Gasteiger partial charge in [-0.15, -0.1) is 0 Å². The van der Waals surface area contributed by atoms with Gasteiger partial charge in [-0.3, -0.25) is 0 Å². The second-order valence-electron chi connectivity index (χ2n) is 13.1. The summed E-state index contributed by atoms with van der Waals surface area (Å²) < 4.78 is 0. The smallest absolute Gasteiger partial charge is 0.0468 e. The van der Waals surface area contributed by atoms with Crippen molar-refractivity contribution in [2.24, 2.45) is 0 Å². The fraction of sp³-hybridized carbons (Fsp3) is 0. The van der Waals surface area contributed by atoms with Gasteiger partial charge in [0.25, 0.3) is 0 Å². The molecular formula is C50H36N2. The number of anilines is 6. The molecule has 52 heavy (non-hydrogen) atoms. The van der Waals surface area contributed by atoms with Gasteiger partial charge in [0.15, 0.2) is 0 Å². The Labute approximate surface area is 305 Å². The molecule has 0 spiro atoms. The van der Waals surface area contributed by atoms with E-state index in [2.05, 4.69) is 228 Å². The van der Waals surface area contributed by atoms with Gasteiger partial charge in [-0.25, -0.2) is 0 Å². The molecule has 0 bridgehead atoms. The Morgan fingerprint density at radius 3 is 0.827 bits per heavy atom. The number of fused-ring (bicyclic) bond motifs is 2. The van der Waals surface area contributed by atoms with Crippen molar-refractivity contribution in [2.45, 2.75) is 0 Å². The lowest BCUT2D eigenvalue weighted by molar-refractivity contribution is 1.26. The van der Waals surface area contributed by atoms with Crippen LogP contribution in [-0.4, -0.2) is 0 Å². The number of benzene rings is 9. The van der Waals surface area contributed by atoms with E-state index >= 15 is 0 Å². The summed E-state index contributed by atoms with van der Waals surface area (Å²) in [7, 11) is 0. The van der Waals surface area contributed by atoms with Gasteiger partial charge in [0, 0.05) is 34.1 Å². The van der Waals surface area contributed by atoms with Gasteiger partial charge in [-0.05, 0) is 117 Å². The minimum atomic E-state index is 1.09. The number of hydrogen-bond acceptors (Lipinski definition) is 2. The van der Waals surface area contributed by atoms with Gasteiger partial charge in [0.2, 0.25) is 0 Å². The summed E-state index contributed by atoms with van der Waals surface area (Å²) >= 11 is 0. The molecule has 0 unspecified atom stereocenters. The Bertz CT molecular complexity index is 2410. The summed E-state index contributed by atoms with van der Waals surface area (Å²) in [6.07, 6.45) is 0. The largest absolute Gasteiger partial charge is 0.310 e. The molecule has 0 aliphatic rings. The van der Waals surface area contributed by atoms with Crippen molar-refractivity contribution < 1.29 is 0 Å². The molecule has 2 nitrogen and oxygen atoms in total. The number of hydrogen-bond donors (Lipinski definition) is 0.